The molecule has 0 bridgehead atoms. The van der Waals surface area contributed by atoms with Crippen LogP contribution in [0.2, 0.25) is 0 Å². The van der Waals surface area contributed by atoms with E-state index in [9.17, 15) is 24.0 Å². The van der Waals surface area contributed by atoms with Crippen molar-refractivity contribution < 1.29 is 14.3 Å². The molecule has 0 atom stereocenters. The van der Waals surface area contributed by atoms with Crippen LogP contribution in [-0.2, 0) is 25.4 Å². The molecule has 11 nitrogen and oxygen atoms in total. The van der Waals surface area contributed by atoms with Gasteiger partial charge in [0.2, 0.25) is 11.2 Å². The Morgan fingerprint density at radius 1 is 1.13 bits per heavy atom. The average Bonchev–Trinajstić information content (AvgIpc) is 2.75. The number of hydrogen-bond acceptors (Lipinski definition) is 8. The van der Waals surface area contributed by atoms with Crippen molar-refractivity contribution in [3.05, 3.63) is 66.2 Å². The van der Waals surface area contributed by atoms with E-state index < -0.39 is 40.6 Å². The van der Waals surface area contributed by atoms with Gasteiger partial charge in [0.05, 0.1) is 5.39 Å². The Kier molecular flexibility index (Phi) is 5.60. The predicted octanol–water partition coefficient (Wildman–Crippen LogP) is -0.256. The molecule has 0 fully saturated rings. The molecule has 3 rings (SSSR count). The number of aryl methyl sites for hydroxylation is 2. The molecule has 162 valence electrons. The Bertz CT molecular complexity index is 1410. The zero-order valence-corrected chi connectivity index (χ0v) is 17.5. The normalized spacial score (nSPS) is 11.0. The number of ether oxygens (including phenoxy) is 1. The van der Waals surface area contributed by atoms with Gasteiger partial charge in [-0.3, -0.25) is 23.5 Å². The van der Waals surface area contributed by atoms with Gasteiger partial charge in [0.15, 0.2) is 6.61 Å². The van der Waals surface area contributed by atoms with E-state index >= 15 is 0 Å². The first-order valence-electron chi connectivity index (χ1n) is 9.35. The van der Waals surface area contributed by atoms with Crippen molar-refractivity contribution >= 4 is 28.6 Å². The number of carbonyl (C=O) groups excluding carboxylic acids is 2. The topological polar surface area (TPSA) is 148 Å². The molecule has 11 heteroatoms. The molecule has 3 aromatic heterocycles. The predicted molar refractivity (Wildman–Crippen MR) is 112 cm³/mol. The van der Waals surface area contributed by atoms with E-state index in [4.69, 9.17) is 10.5 Å². The van der Waals surface area contributed by atoms with Crippen LogP contribution in [0.25, 0.3) is 11.0 Å². The summed E-state index contributed by atoms with van der Waals surface area (Å²) < 4.78 is 8.30. The minimum absolute atomic E-state index is 0.240. The van der Waals surface area contributed by atoms with E-state index in [1.54, 1.807) is 23.6 Å². The number of carbonyl (C=O) groups is 2. The van der Waals surface area contributed by atoms with Gasteiger partial charge in [0.25, 0.3) is 5.56 Å². The molecule has 0 aliphatic rings. The van der Waals surface area contributed by atoms with Crippen molar-refractivity contribution in [1.82, 2.24) is 18.7 Å². The first-order valence-corrected chi connectivity index (χ1v) is 9.35. The molecule has 31 heavy (non-hydrogen) atoms. The number of Topliss-reactive ketones (excluding diaryl/α,β-unsaturated/α-hetero) is 1. The molecule has 0 saturated carbocycles. The summed E-state index contributed by atoms with van der Waals surface area (Å²) in [5, 5.41) is 0.240. The molecular formula is C20H21N5O6. The molecule has 0 unspecified atom stereocenters. The SMILES string of the molecule is CCn1cc(C(=O)OCC(=O)c2c(N)n(C)c(=O)n(C)c2=O)c(=O)c2ccc(C)nc21. The van der Waals surface area contributed by atoms with Crippen molar-refractivity contribution in [1.29, 1.82) is 0 Å². The molecule has 0 spiro atoms. The van der Waals surface area contributed by atoms with E-state index in [0.29, 0.717) is 17.9 Å². The Labute approximate surface area is 175 Å². The van der Waals surface area contributed by atoms with Gasteiger partial charge in [-0.05, 0) is 26.0 Å². The summed E-state index contributed by atoms with van der Waals surface area (Å²) in [7, 11) is 2.50. The van der Waals surface area contributed by atoms with Crippen LogP contribution in [0.15, 0.2) is 32.7 Å². The van der Waals surface area contributed by atoms with E-state index in [1.807, 2.05) is 6.92 Å². The smallest absolute Gasteiger partial charge is 0.344 e. The van der Waals surface area contributed by atoms with Crippen LogP contribution in [0.4, 0.5) is 5.82 Å². The quantitative estimate of drug-likeness (QED) is 0.433. The number of hydrogen-bond donors (Lipinski definition) is 1. The van der Waals surface area contributed by atoms with Gasteiger partial charge >= 0.3 is 11.7 Å². The summed E-state index contributed by atoms with van der Waals surface area (Å²) in [6.07, 6.45) is 1.32. The van der Waals surface area contributed by atoms with Gasteiger partial charge < -0.3 is 15.0 Å². The molecule has 0 radical (unpaired) electrons. The maximum atomic E-state index is 12.7. The summed E-state index contributed by atoms with van der Waals surface area (Å²) in [5.41, 5.74) is 3.96. The molecule has 0 aromatic carbocycles. The van der Waals surface area contributed by atoms with Crippen molar-refractivity contribution in [2.45, 2.75) is 20.4 Å². The lowest BCUT2D eigenvalue weighted by Gasteiger charge is -2.12. The molecule has 2 N–H and O–H groups in total. The van der Waals surface area contributed by atoms with E-state index in [2.05, 4.69) is 4.98 Å². The van der Waals surface area contributed by atoms with Crippen LogP contribution in [0.3, 0.4) is 0 Å². The van der Waals surface area contributed by atoms with Gasteiger partial charge in [0.1, 0.15) is 22.6 Å². The summed E-state index contributed by atoms with van der Waals surface area (Å²) in [6.45, 7) is 3.22. The van der Waals surface area contributed by atoms with E-state index in [0.717, 1.165) is 9.13 Å². The highest BCUT2D eigenvalue weighted by Gasteiger charge is 2.23. The monoisotopic (exact) mass is 427 g/mol. The van der Waals surface area contributed by atoms with Gasteiger partial charge in [-0.2, -0.15) is 0 Å². The zero-order valence-electron chi connectivity index (χ0n) is 17.5. The molecule has 0 aliphatic carbocycles. The fourth-order valence-electron chi connectivity index (χ4n) is 3.15. The number of ketones is 1. The van der Waals surface area contributed by atoms with Crippen LogP contribution in [0, 0.1) is 6.92 Å². The molecule has 0 aliphatic heterocycles. The third-order valence-corrected chi connectivity index (χ3v) is 4.94. The van der Waals surface area contributed by atoms with Crippen LogP contribution >= 0.6 is 0 Å². The van der Waals surface area contributed by atoms with Gasteiger partial charge in [-0.15, -0.1) is 0 Å². The highest BCUT2D eigenvalue weighted by molar-refractivity contribution is 6.02. The van der Waals surface area contributed by atoms with Crippen molar-refractivity contribution in [2.24, 2.45) is 14.1 Å². The summed E-state index contributed by atoms with van der Waals surface area (Å²) in [6, 6.07) is 3.23. The molecule has 3 heterocycles. The Morgan fingerprint density at radius 3 is 2.45 bits per heavy atom. The number of nitrogens with two attached hydrogens (primary N) is 1. The second-order valence-electron chi connectivity index (χ2n) is 6.95. The number of pyridine rings is 2. The maximum absolute atomic E-state index is 12.7. The Hall–Kier alpha value is -4.02. The molecular weight excluding hydrogens is 406 g/mol. The first kappa shape index (κ1) is 21.7. The molecule has 3 aromatic rings. The number of anilines is 1. The largest absolute Gasteiger partial charge is 0.454 e. The number of aromatic nitrogens is 4. The van der Waals surface area contributed by atoms with Crippen LogP contribution < -0.4 is 22.4 Å². The van der Waals surface area contributed by atoms with Gasteiger partial charge in [0, 0.05) is 32.5 Å². The minimum Gasteiger partial charge on any atom is -0.454 e. The lowest BCUT2D eigenvalue weighted by Crippen LogP contribution is -2.42. The maximum Gasteiger partial charge on any atom is 0.344 e. The third-order valence-electron chi connectivity index (χ3n) is 4.94. The van der Waals surface area contributed by atoms with Gasteiger partial charge in [-0.25, -0.2) is 14.6 Å². The fraction of sp³-hybridized carbons (Fsp3) is 0.300. The number of fused-ring (bicyclic) bond motifs is 1. The number of nitrogen functional groups attached to an aromatic ring is 1. The second-order valence-corrected chi connectivity index (χ2v) is 6.95. The Morgan fingerprint density at radius 2 is 1.81 bits per heavy atom. The lowest BCUT2D eigenvalue weighted by molar-refractivity contribution is 0.0472. The van der Waals surface area contributed by atoms with Crippen molar-refractivity contribution in [2.75, 3.05) is 12.3 Å². The highest BCUT2D eigenvalue weighted by atomic mass is 16.5. The van der Waals surface area contributed by atoms with Crippen molar-refractivity contribution in [3.63, 3.8) is 0 Å². The first-order chi connectivity index (χ1) is 14.6. The third kappa shape index (κ3) is 3.65. The molecule has 0 saturated heterocycles. The van der Waals surface area contributed by atoms with Crippen LogP contribution in [0.1, 0.15) is 33.3 Å². The summed E-state index contributed by atoms with van der Waals surface area (Å²) in [4.78, 5) is 66.3. The van der Waals surface area contributed by atoms with E-state index in [1.165, 1.54) is 20.3 Å². The number of nitrogens with zero attached hydrogens (tertiary/aromatic N) is 4. The minimum atomic E-state index is -1.02. The summed E-state index contributed by atoms with van der Waals surface area (Å²) in [5.74, 6) is -2.26. The number of esters is 1. The molecule has 0 amide bonds. The average molecular weight is 427 g/mol. The highest BCUT2D eigenvalue weighted by Crippen LogP contribution is 2.12. The fourth-order valence-corrected chi connectivity index (χ4v) is 3.15. The van der Waals surface area contributed by atoms with E-state index in [-0.39, 0.29) is 16.8 Å². The van der Waals surface area contributed by atoms with Crippen LogP contribution in [-0.4, -0.2) is 37.0 Å². The standard InChI is InChI=1S/C20H21N5O6/c1-5-25-8-12(15(27)11-7-6-10(2)22-17(11)25)19(29)31-9-13(26)14-16(21)23(3)20(30)24(4)18(14)28/h6-8H,5,9,21H2,1-4H3. The number of rotatable bonds is 5. The van der Waals surface area contributed by atoms with Crippen LogP contribution in [0.5, 0.6) is 0 Å². The lowest BCUT2D eigenvalue weighted by atomic mass is 10.1. The van der Waals surface area contributed by atoms with Crippen molar-refractivity contribution in [3.8, 4) is 0 Å². The van der Waals surface area contributed by atoms with Gasteiger partial charge in [-0.1, -0.05) is 0 Å². The second kappa shape index (κ2) is 8.01. The summed E-state index contributed by atoms with van der Waals surface area (Å²) >= 11 is 0. The Balaban J connectivity index is 1.94. The zero-order chi connectivity index (χ0) is 23.0.